The van der Waals surface area contributed by atoms with Gasteiger partial charge >= 0.3 is 0 Å². The third kappa shape index (κ3) is 3.56. The number of hydrogen-bond acceptors (Lipinski definition) is 5. The van der Waals surface area contributed by atoms with Gasteiger partial charge in [-0.05, 0) is 26.0 Å². The quantitative estimate of drug-likeness (QED) is 0.690. The van der Waals surface area contributed by atoms with Gasteiger partial charge in [0.1, 0.15) is 5.02 Å². The highest BCUT2D eigenvalue weighted by molar-refractivity contribution is 7.11. The molecular formula is C13H12ClN3O3S. The summed E-state index contributed by atoms with van der Waals surface area (Å²) in [6.45, 7) is 4.11. The van der Waals surface area contributed by atoms with Gasteiger partial charge < -0.3 is 5.32 Å². The Kier molecular flexibility index (Phi) is 4.54. The highest BCUT2D eigenvalue weighted by Gasteiger charge is 2.16. The van der Waals surface area contributed by atoms with E-state index in [1.54, 1.807) is 0 Å². The minimum Gasteiger partial charge on any atom is -0.347 e. The summed E-state index contributed by atoms with van der Waals surface area (Å²) in [5.41, 5.74) is 0.791. The van der Waals surface area contributed by atoms with Crippen LogP contribution in [-0.2, 0) is 6.54 Å². The Labute approximate surface area is 129 Å². The van der Waals surface area contributed by atoms with Crippen molar-refractivity contribution in [3.8, 4) is 0 Å². The van der Waals surface area contributed by atoms with Crippen LogP contribution in [0.3, 0.4) is 0 Å². The first-order chi connectivity index (χ1) is 9.88. The molecule has 0 radical (unpaired) electrons. The molecule has 1 aromatic carbocycles. The number of nitrogens with one attached hydrogen (secondary N) is 1. The van der Waals surface area contributed by atoms with E-state index in [1.165, 1.54) is 29.5 Å². The number of nitro benzene ring substituents is 1. The fourth-order valence-corrected chi connectivity index (χ4v) is 2.86. The normalized spacial score (nSPS) is 10.4. The molecule has 0 bridgehead atoms. The van der Waals surface area contributed by atoms with Gasteiger partial charge in [-0.3, -0.25) is 14.9 Å². The van der Waals surface area contributed by atoms with E-state index in [4.69, 9.17) is 11.6 Å². The lowest BCUT2D eigenvalue weighted by Gasteiger charge is -2.05. The highest BCUT2D eigenvalue weighted by Crippen LogP contribution is 2.25. The first-order valence-electron chi connectivity index (χ1n) is 6.03. The lowest BCUT2D eigenvalue weighted by Crippen LogP contribution is -2.22. The Bertz CT molecular complexity index is 715. The molecule has 1 N–H and O–H groups in total. The number of amides is 1. The standard InChI is InChI=1S/C13H12ClN3O3S/c1-7-12(21-8(2)16-7)6-15-13(18)9-3-4-10(14)11(5-9)17(19)20/h3-5H,6H2,1-2H3,(H,15,18). The molecule has 0 spiro atoms. The second-order valence-electron chi connectivity index (χ2n) is 4.35. The maximum absolute atomic E-state index is 12.0. The Morgan fingerprint density at radius 1 is 1.48 bits per heavy atom. The number of benzene rings is 1. The molecule has 21 heavy (non-hydrogen) atoms. The van der Waals surface area contributed by atoms with Crippen molar-refractivity contribution in [3.05, 3.63) is 54.5 Å². The zero-order valence-corrected chi connectivity index (χ0v) is 12.9. The zero-order chi connectivity index (χ0) is 15.6. The maximum atomic E-state index is 12.0. The minimum absolute atomic E-state index is 0.00507. The van der Waals surface area contributed by atoms with Gasteiger partial charge in [0.15, 0.2) is 0 Å². The van der Waals surface area contributed by atoms with Gasteiger partial charge in [0.25, 0.3) is 11.6 Å². The van der Waals surface area contributed by atoms with E-state index in [0.29, 0.717) is 6.54 Å². The molecule has 1 amide bonds. The van der Waals surface area contributed by atoms with E-state index < -0.39 is 4.92 Å². The summed E-state index contributed by atoms with van der Waals surface area (Å²) in [6.07, 6.45) is 0. The van der Waals surface area contributed by atoms with Crippen LogP contribution in [0, 0.1) is 24.0 Å². The molecular weight excluding hydrogens is 314 g/mol. The van der Waals surface area contributed by atoms with Gasteiger partial charge in [0.2, 0.25) is 0 Å². The van der Waals surface area contributed by atoms with E-state index in [-0.39, 0.29) is 22.2 Å². The van der Waals surface area contributed by atoms with Crippen molar-refractivity contribution < 1.29 is 9.72 Å². The van der Waals surface area contributed by atoms with Crippen LogP contribution in [-0.4, -0.2) is 15.8 Å². The number of nitro groups is 1. The summed E-state index contributed by atoms with van der Waals surface area (Å²) in [5.74, 6) is -0.389. The SMILES string of the molecule is Cc1nc(C)c(CNC(=O)c2ccc(Cl)c([N+](=O)[O-])c2)s1. The number of nitrogens with zero attached hydrogens (tertiary/aromatic N) is 2. The lowest BCUT2D eigenvalue weighted by molar-refractivity contribution is -0.384. The van der Waals surface area contributed by atoms with E-state index >= 15 is 0 Å². The predicted octanol–water partition coefficient (Wildman–Crippen LogP) is 3.25. The Morgan fingerprint density at radius 2 is 2.19 bits per heavy atom. The van der Waals surface area contributed by atoms with Crippen molar-refractivity contribution in [2.75, 3.05) is 0 Å². The molecule has 0 unspecified atom stereocenters. The molecule has 0 aliphatic rings. The van der Waals surface area contributed by atoms with Crippen LogP contribution in [0.4, 0.5) is 5.69 Å². The Hall–Kier alpha value is -1.99. The van der Waals surface area contributed by atoms with Crippen molar-refractivity contribution in [2.45, 2.75) is 20.4 Å². The van der Waals surface area contributed by atoms with Crippen LogP contribution in [0.2, 0.25) is 5.02 Å². The largest absolute Gasteiger partial charge is 0.347 e. The molecule has 0 aliphatic heterocycles. The smallest absolute Gasteiger partial charge is 0.288 e. The molecule has 110 valence electrons. The Balaban J connectivity index is 2.12. The van der Waals surface area contributed by atoms with Crippen LogP contribution in [0.1, 0.15) is 25.9 Å². The van der Waals surface area contributed by atoms with E-state index in [9.17, 15) is 14.9 Å². The number of halogens is 1. The summed E-state index contributed by atoms with van der Waals surface area (Å²) in [5, 5.41) is 14.5. The van der Waals surface area contributed by atoms with E-state index in [2.05, 4.69) is 10.3 Å². The first-order valence-corrected chi connectivity index (χ1v) is 7.23. The fraction of sp³-hybridized carbons (Fsp3) is 0.231. The van der Waals surface area contributed by atoms with Crippen molar-refractivity contribution in [1.82, 2.24) is 10.3 Å². The summed E-state index contributed by atoms with van der Waals surface area (Å²) >= 11 is 7.22. The summed E-state index contributed by atoms with van der Waals surface area (Å²) < 4.78 is 0. The highest BCUT2D eigenvalue weighted by atomic mass is 35.5. The molecule has 0 saturated heterocycles. The number of thiazole rings is 1. The van der Waals surface area contributed by atoms with Crippen molar-refractivity contribution >= 4 is 34.5 Å². The van der Waals surface area contributed by atoms with Crippen molar-refractivity contribution in [3.63, 3.8) is 0 Å². The van der Waals surface area contributed by atoms with Gasteiger partial charge in [-0.15, -0.1) is 11.3 Å². The van der Waals surface area contributed by atoms with E-state index in [1.807, 2.05) is 13.8 Å². The van der Waals surface area contributed by atoms with Gasteiger partial charge in [-0.1, -0.05) is 11.6 Å². The third-order valence-corrected chi connectivity index (χ3v) is 4.21. The molecule has 0 aliphatic carbocycles. The number of hydrogen-bond donors (Lipinski definition) is 1. The molecule has 6 nitrogen and oxygen atoms in total. The number of carbonyl (C=O) groups excluding carboxylic acids is 1. The summed E-state index contributed by atoms with van der Waals surface area (Å²) in [7, 11) is 0. The molecule has 1 heterocycles. The second-order valence-corrected chi connectivity index (χ2v) is 6.04. The van der Waals surface area contributed by atoms with Crippen molar-refractivity contribution in [1.29, 1.82) is 0 Å². The van der Waals surface area contributed by atoms with E-state index in [0.717, 1.165) is 15.6 Å². The van der Waals surface area contributed by atoms with Gasteiger partial charge in [0, 0.05) is 16.5 Å². The molecule has 1 aromatic heterocycles. The molecule has 2 aromatic rings. The third-order valence-electron chi connectivity index (χ3n) is 2.81. The first kappa shape index (κ1) is 15.4. The molecule has 0 fully saturated rings. The number of aromatic nitrogens is 1. The minimum atomic E-state index is -0.615. The summed E-state index contributed by atoms with van der Waals surface area (Å²) in [4.78, 5) is 27.5. The predicted molar refractivity (Wildman–Crippen MR) is 80.9 cm³/mol. The van der Waals surface area contributed by atoms with Crippen LogP contribution >= 0.6 is 22.9 Å². The fourth-order valence-electron chi connectivity index (χ4n) is 1.79. The van der Waals surface area contributed by atoms with Crippen LogP contribution < -0.4 is 5.32 Å². The summed E-state index contributed by atoms with van der Waals surface area (Å²) in [6, 6.07) is 3.97. The van der Waals surface area contributed by atoms with Crippen LogP contribution in [0.5, 0.6) is 0 Å². The van der Waals surface area contributed by atoms with Gasteiger partial charge in [-0.2, -0.15) is 0 Å². The maximum Gasteiger partial charge on any atom is 0.288 e. The second kappa shape index (κ2) is 6.19. The average molecular weight is 326 g/mol. The number of rotatable bonds is 4. The monoisotopic (exact) mass is 325 g/mol. The van der Waals surface area contributed by atoms with Gasteiger partial charge in [-0.25, -0.2) is 4.98 Å². The topological polar surface area (TPSA) is 85.1 Å². The zero-order valence-electron chi connectivity index (χ0n) is 11.3. The van der Waals surface area contributed by atoms with Gasteiger partial charge in [0.05, 0.1) is 22.2 Å². The van der Waals surface area contributed by atoms with Crippen LogP contribution in [0.25, 0.3) is 0 Å². The lowest BCUT2D eigenvalue weighted by atomic mass is 10.2. The average Bonchev–Trinajstić information content (AvgIpc) is 2.74. The molecule has 2 rings (SSSR count). The number of aryl methyl sites for hydroxylation is 2. The molecule has 0 saturated carbocycles. The molecule has 8 heteroatoms. The molecule has 0 atom stereocenters. The van der Waals surface area contributed by atoms with Crippen LogP contribution in [0.15, 0.2) is 18.2 Å². The van der Waals surface area contributed by atoms with Crippen molar-refractivity contribution in [2.24, 2.45) is 0 Å². The Morgan fingerprint density at radius 3 is 2.76 bits per heavy atom. The number of carbonyl (C=O) groups is 1.